The number of hydrogen-bond acceptors (Lipinski definition) is 4. The number of hydrogen-bond donors (Lipinski definition) is 1. The minimum absolute atomic E-state index is 0.0222. The summed E-state index contributed by atoms with van der Waals surface area (Å²) >= 11 is 6.44. The zero-order chi connectivity index (χ0) is 10.6. The highest BCUT2D eigenvalue weighted by Gasteiger charge is 2.07. The number of aromatic nitrogens is 1. The van der Waals surface area contributed by atoms with E-state index in [0.717, 1.165) is 11.3 Å². The summed E-state index contributed by atoms with van der Waals surface area (Å²) < 4.78 is 0. The molecular weight excluding hydrogens is 226 g/mol. The fourth-order valence-corrected chi connectivity index (χ4v) is 1.65. The molecule has 7 heteroatoms. The highest BCUT2D eigenvalue weighted by atomic mass is 35.5. The molecule has 0 fully saturated rings. The molecule has 14 heavy (non-hydrogen) atoms. The van der Waals surface area contributed by atoms with Crippen molar-refractivity contribution in [2.45, 2.75) is 6.42 Å². The van der Waals surface area contributed by atoms with E-state index >= 15 is 0 Å². The molecule has 0 saturated carbocycles. The molecule has 0 spiro atoms. The van der Waals surface area contributed by atoms with Crippen LogP contribution in [-0.2, 0) is 16.0 Å². The topological polar surface area (TPSA) is 82.9 Å². The predicted octanol–water partition coefficient (Wildman–Crippen LogP) is 0.672. The number of anilines is 1. The van der Waals surface area contributed by atoms with Crippen LogP contribution < -0.4 is 11.1 Å². The molecule has 2 N–H and O–H groups in total. The van der Waals surface area contributed by atoms with Crippen LogP contribution in [0.4, 0.5) is 5.13 Å². The van der Waals surface area contributed by atoms with Gasteiger partial charge >= 0.3 is 0 Å². The quantitative estimate of drug-likeness (QED) is 0.775. The number of nitrogens with one attached hydrogen (secondary N) is 2. The molecule has 0 aliphatic carbocycles. The number of nitrogens with zero attached hydrogens (tertiary/aromatic N) is 1. The lowest BCUT2D eigenvalue weighted by molar-refractivity contribution is -0.118. The zero-order valence-electron chi connectivity index (χ0n) is 7.04. The number of thiazole rings is 1. The fraction of sp³-hybridized carbons (Fsp3) is 0.286. The zero-order valence-corrected chi connectivity index (χ0v) is 8.61. The van der Waals surface area contributed by atoms with Crippen molar-refractivity contribution in [2.75, 3.05) is 11.2 Å². The summed E-state index contributed by atoms with van der Waals surface area (Å²) in [4.78, 5) is 25.8. The molecule has 0 aliphatic rings. The predicted molar refractivity (Wildman–Crippen MR) is 53.3 cm³/mol. The second-order valence-electron chi connectivity index (χ2n) is 2.41. The first-order valence-corrected chi connectivity index (χ1v) is 5.02. The van der Waals surface area contributed by atoms with E-state index < -0.39 is 5.91 Å². The Bertz CT molecular complexity index is 352. The summed E-state index contributed by atoms with van der Waals surface area (Å²) in [5.41, 5.74) is 6.73. The molecule has 1 aromatic heterocycles. The summed E-state index contributed by atoms with van der Waals surface area (Å²) in [5.74, 6) is -1.15. The minimum atomic E-state index is -0.677. The monoisotopic (exact) mass is 232 g/mol. The Morgan fingerprint density at radius 3 is 2.93 bits per heavy atom. The average Bonchev–Trinajstić information content (AvgIpc) is 2.51. The third-order valence-corrected chi connectivity index (χ3v) is 2.41. The average molecular weight is 233 g/mol. The molecule has 0 aliphatic heterocycles. The first-order valence-electron chi connectivity index (χ1n) is 3.66. The van der Waals surface area contributed by atoms with E-state index in [1.807, 2.05) is 0 Å². The van der Waals surface area contributed by atoms with Gasteiger partial charge in [0.15, 0.2) is 5.13 Å². The van der Waals surface area contributed by atoms with Crippen molar-refractivity contribution in [3.05, 3.63) is 11.1 Å². The Kier molecular flexibility index (Phi) is 3.84. The highest BCUT2D eigenvalue weighted by molar-refractivity contribution is 7.15. The first-order chi connectivity index (χ1) is 6.61. The van der Waals surface area contributed by atoms with E-state index in [9.17, 15) is 9.59 Å². The van der Waals surface area contributed by atoms with E-state index in [1.165, 1.54) is 6.20 Å². The summed E-state index contributed by atoms with van der Waals surface area (Å²) in [6, 6.07) is 0. The van der Waals surface area contributed by atoms with Crippen LogP contribution >= 0.6 is 22.9 Å². The van der Waals surface area contributed by atoms with E-state index in [-0.39, 0.29) is 18.2 Å². The molecule has 0 bridgehead atoms. The molecule has 0 saturated heterocycles. The van der Waals surface area contributed by atoms with Gasteiger partial charge in [-0.15, -0.1) is 22.9 Å². The van der Waals surface area contributed by atoms with Gasteiger partial charge in [0, 0.05) is 11.1 Å². The van der Waals surface area contributed by atoms with Crippen molar-refractivity contribution in [3.8, 4) is 0 Å². The Balaban J connectivity index is 2.59. The van der Waals surface area contributed by atoms with Gasteiger partial charge in [-0.05, 0) is 0 Å². The minimum Gasteiger partial charge on any atom is -0.301 e. The maximum atomic E-state index is 10.8. The molecule has 1 aromatic rings. The summed E-state index contributed by atoms with van der Waals surface area (Å²) in [6.07, 6.45) is 1.48. The maximum absolute atomic E-state index is 10.8. The van der Waals surface area contributed by atoms with E-state index in [4.69, 9.17) is 17.3 Å². The van der Waals surface area contributed by atoms with E-state index in [0.29, 0.717) is 10.0 Å². The second kappa shape index (κ2) is 4.92. The lowest BCUT2D eigenvalue weighted by Gasteiger charge is -1.94. The molecule has 0 atom stereocenters. The van der Waals surface area contributed by atoms with Crippen molar-refractivity contribution >= 4 is 39.9 Å². The number of halogens is 1. The van der Waals surface area contributed by atoms with Crippen LogP contribution in [0.3, 0.4) is 0 Å². The molecule has 75 valence electrons. The lowest BCUT2D eigenvalue weighted by Crippen LogP contribution is -2.11. The van der Waals surface area contributed by atoms with Crippen LogP contribution in [-0.4, -0.2) is 22.7 Å². The van der Waals surface area contributed by atoms with Crippen LogP contribution in [0.2, 0.25) is 0 Å². The van der Waals surface area contributed by atoms with Crippen LogP contribution in [0.15, 0.2) is 6.20 Å². The van der Waals surface area contributed by atoms with Gasteiger partial charge < -0.3 is 5.32 Å². The number of carbonyl (C=O) groups excluding carboxylic acids is 2. The van der Waals surface area contributed by atoms with Gasteiger partial charge in [0.2, 0.25) is 11.8 Å². The maximum Gasteiger partial charge on any atom is 0.243 e. The number of amides is 2. The molecule has 1 radical (unpaired) electrons. The normalized spacial score (nSPS) is 9.79. The van der Waals surface area contributed by atoms with Crippen molar-refractivity contribution in [3.63, 3.8) is 0 Å². The van der Waals surface area contributed by atoms with Crippen molar-refractivity contribution in [2.24, 2.45) is 0 Å². The Morgan fingerprint density at radius 2 is 2.36 bits per heavy atom. The Hall–Kier alpha value is -1.14. The third kappa shape index (κ3) is 3.31. The SMILES string of the molecule is [NH]C(=O)Cc1cnc(NC(=O)CCl)s1. The highest BCUT2D eigenvalue weighted by Crippen LogP contribution is 2.18. The van der Waals surface area contributed by atoms with Gasteiger partial charge in [0.05, 0.1) is 6.42 Å². The van der Waals surface area contributed by atoms with Gasteiger partial charge in [-0.25, -0.2) is 4.98 Å². The smallest absolute Gasteiger partial charge is 0.243 e. The molecule has 0 aromatic carbocycles. The summed E-state index contributed by atoms with van der Waals surface area (Å²) in [7, 11) is 0. The number of rotatable bonds is 4. The molecule has 1 rings (SSSR count). The largest absolute Gasteiger partial charge is 0.301 e. The van der Waals surface area contributed by atoms with Crippen LogP contribution in [0, 0.1) is 0 Å². The van der Waals surface area contributed by atoms with Gasteiger partial charge in [-0.2, -0.15) is 0 Å². The fourth-order valence-electron chi connectivity index (χ4n) is 0.758. The van der Waals surface area contributed by atoms with E-state index in [1.54, 1.807) is 0 Å². The standard InChI is InChI=1S/C7H7ClN3O2S/c8-2-6(13)11-7-10-3-4(14-7)1-5(9)12/h3,9H,1-2H2,(H,10,11,13). The molecule has 2 amide bonds. The number of alkyl halides is 1. The Morgan fingerprint density at radius 1 is 1.64 bits per heavy atom. The van der Waals surface area contributed by atoms with Crippen LogP contribution in [0.1, 0.15) is 4.88 Å². The third-order valence-electron chi connectivity index (χ3n) is 1.26. The lowest BCUT2D eigenvalue weighted by atomic mass is 10.4. The molecule has 1 heterocycles. The second-order valence-corrected chi connectivity index (χ2v) is 3.80. The summed E-state index contributed by atoms with van der Waals surface area (Å²) in [5, 5.41) is 2.84. The van der Waals surface area contributed by atoms with Gasteiger partial charge in [-0.3, -0.25) is 15.3 Å². The molecule has 0 unspecified atom stereocenters. The van der Waals surface area contributed by atoms with Gasteiger partial charge in [-0.1, -0.05) is 0 Å². The van der Waals surface area contributed by atoms with Crippen molar-refractivity contribution in [1.29, 1.82) is 0 Å². The number of carbonyl (C=O) groups is 2. The van der Waals surface area contributed by atoms with Crippen molar-refractivity contribution < 1.29 is 9.59 Å². The van der Waals surface area contributed by atoms with Crippen LogP contribution in [0.25, 0.3) is 0 Å². The van der Waals surface area contributed by atoms with Gasteiger partial charge in [0.1, 0.15) is 5.88 Å². The van der Waals surface area contributed by atoms with Crippen LogP contribution in [0.5, 0.6) is 0 Å². The summed E-state index contributed by atoms with van der Waals surface area (Å²) in [6.45, 7) is 0. The van der Waals surface area contributed by atoms with Gasteiger partial charge in [0.25, 0.3) is 0 Å². The molecule has 5 nitrogen and oxygen atoms in total. The first kappa shape index (κ1) is 10.9. The Labute approximate surface area is 89.3 Å². The molecular formula is C7H7ClN3O2S. The van der Waals surface area contributed by atoms with Crippen molar-refractivity contribution in [1.82, 2.24) is 10.7 Å². The van der Waals surface area contributed by atoms with E-state index in [2.05, 4.69) is 10.3 Å².